The number of aliphatic hydroxyl groups is 5. The molecule has 0 saturated heterocycles. The number of phosphoric ester groups is 1. The van der Waals surface area contributed by atoms with E-state index in [2.05, 4.69) is 86.8 Å². The van der Waals surface area contributed by atoms with Crippen molar-refractivity contribution in [3.8, 4) is 0 Å². The van der Waals surface area contributed by atoms with Gasteiger partial charge < -0.3 is 39.9 Å². The lowest BCUT2D eigenvalue weighted by molar-refractivity contribution is -0.220. The van der Waals surface area contributed by atoms with Gasteiger partial charge in [0.1, 0.15) is 42.7 Å². The fraction of sp³-hybridized carbons (Fsp3) is 0.711. The number of unbranched alkanes of at least 4 members (excludes halogenated alkanes) is 11. The van der Waals surface area contributed by atoms with Gasteiger partial charge in [0.05, 0.1) is 13.2 Å². The summed E-state index contributed by atoms with van der Waals surface area (Å²) in [5, 5.41) is 50.1. The zero-order valence-electron chi connectivity index (χ0n) is 35.3. The van der Waals surface area contributed by atoms with E-state index in [1.54, 1.807) is 0 Å². The summed E-state index contributed by atoms with van der Waals surface area (Å²) in [6, 6.07) is 0. The molecule has 1 aliphatic rings. The Morgan fingerprint density at radius 2 is 1.02 bits per heavy atom. The molecule has 6 unspecified atom stereocenters. The molecule has 0 spiro atoms. The van der Waals surface area contributed by atoms with Gasteiger partial charge in [-0.1, -0.05) is 125 Å². The molecule has 1 rings (SSSR count). The van der Waals surface area contributed by atoms with Crippen LogP contribution in [0.15, 0.2) is 72.9 Å². The minimum atomic E-state index is -5.03. The van der Waals surface area contributed by atoms with Crippen LogP contribution in [0, 0.1) is 0 Å². The molecule has 0 aromatic carbocycles. The van der Waals surface area contributed by atoms with Crippen LogP contribution in [0.3, 0.4) is 0 Å². The van der Waals surface area contributed by atoms with Crippen LogP contribution in [0.4, 0.5) is 0 Å². The van der Waals surface area contributed by atoms with E-state index < -0.39 is 63.1 Å². The molecule has 6 atom stereocenters. The van der Waals surface area contributed by atoms with Crippen molar-refractivity contribution in [3.63, 3.8) is 0 Å². The SMILES string of the molecule is CC/C=C\C/C=C\C/C=C\C/C=C\C/C=C\CCCCOCC(COP(=O)(O)OC1C(O)C(O)C(O)C(O)C1O)OC(=O)CCCCCCC/C=C\CCCCCC. The predicted molar refractivity (Wildman–Crippen MR) is 230 cm³/mol. The Morgan fingerprint density at radius 1 is 0.569 bits per heavy atom. The Balaban J connectivity index is 2.47. The standard InChI is InChI=1S/C45H77O12P/c1-3-5-7-9-11-13-15-17-18-19-20-21-23-25-27-29-31-33-35-54-36-38(37-55-58(52,53)57-45-43(50)41(48)40(47)42(49)44(45)51)56-39(46)34-32-30-28-26-24-22-16-14-12-10-8-6-4-2/h5,7,11,13-14,16-18,20-21,25,27,38,40-45,47-51H,3-4,6,8-10,12,15,19,22-24,26,28-37H2,1-2H3,(H,52,53)/b7-5-,13-11-,16-14-,18-17-,21-20-,27-25-. The number of esters is 1. The molecular formula is C45H77O12P. The van der Waals surface area contributed by atoms with Gasteiger partial charge in [-0.15, -0.1) is 0 Å². The first-order chi connectivity index (χ1) is 28.0. The highest BCUT2D eigenvalue weighted by Crippen LogP contribution is 2.47. The van der Waals surface area contributed by atoms with Gasteiger partial charge in [-0.3, -0.25) is 13.8 Å². The summed E-state index contributed by atoms with van der Waals surface area (Å²) in [5.74, 6) is -0.506. The number of hydrogen-bond acceptors (Lipinski definition) is 11. The summed E-state index contributed by atoms with van der Waals surface area (Å²) < 4.78 is 34.0. The number of aliphatic hydroxyl groups excluding tert-OH is 5. The summed E-state index contributed by atoms with van der Waals surface area (Å²) in [6.07, 6.45) is 32.6. The molecule has 6 N–H and O–H groups in total. The van der Waals surface area contributed by atoms with Crippen molar-refractivity contribution in [2.75, 3.05) is 19.8 Å². The topological polar surface area (TPSA) is 192 Å². The first-order valence-electron chi connectivity index (χ1n) is 21.8. The van der Waals surface area contributed by atoms with E-state index in [-0.39, 0.29) is 13.0 Å². The van der Waals surface area contributed by atoms with Crippen molar-refractivity contribution >= 4 is 13.8 Å². The van der Waals surface area contributed by atoms with E-state index in [0.717, 1.165) is 89.9 Å². The van der Waals surface area contributed by atoms with Gasteiger partial charge in [-0.2, -0.15) is 0 Å². The van der Waals surface area contributed by atoms with Crippen molar-refractivity contribution in [2.24, 2.45) is 0 Å². The molecule has 1 aliphatic carbocycles. The molecule has 58 heavy (non-hydrogen) atoms. The Morgan fingerprint density at radius 3 is 1.57 bits per heavy atom. The first kappa shape index (κ1) is 53.8. The minimum Gasteiger partial charge on any atom is -0.457 e. The van der Waals surface area contributed by atoms with Crippen LogP contribution in [0.1, 0.15) is 142 Å². The van der Waals surface area contributed by atoms with Crippen LogP contribution >= 0.6 is 7.82 Å². The van der Waals surface area contributed by atoms with Gasteiger partial charge in [-0.25, -0.2) is 4.57 Å². The van der Waals surface area contributed by atoms with Gasteiger partial charge >= 0.3 is 13.8 Å². The maximum Gasteiger partial charge on any atom is 0.472 e. The summed E-state index contributed by atoms with van der Waals surface area (Å²) in [4.78, 5) is 23.1. The smallest absolute Gasteiger partial charge is 0.457 e. The van der Waals surface area contributed by atoms with Crippen LogP contribution in [-0.4, -0.2) is 98.9 Å². The monoisotopic (exact) mass is 841 g/mol. The Kier molecular flexibility index (Phi) is 33.0. The van der Waals surface area contributed by atoms with Crippen molar-refractivity contribution in [3.05, 3.63) is 72.9 Å². The number of hydrogen-bond donors (Lipinski definition) is 6. The molecule has 13 heteroatoms. The quantitative estimate of drug-likeness (QED) is 0.0155. The molecule has 0 radical (unpaired) electrons. The molecule has 334 valence electrons. The second-order valence-electron chi connectivity index (χ2n) is 14.8. The lowest BCUT2D eigenvalue weighted by Crippen LogP contribution is -2.64. The molecule has 1 fully saturated rings. The van der Waals surface area contributed by atoms with Gasteiger partial charge in [0.2, 0.25) is 0 Å². The number of carbonyl (C=O) groups excluding carboxylic acids is 1. The number of ether oxygens (including phenoxy) is 2. The lowest BCUT2D eigenvalue weighted by Gasteiger charge is -2.41. The van der Waals surface area contributed by atoms with Crippen LogP contribution < -0.4 is 0 Å². The van der Waals surface area contributed by atoms with E-state index in [1.165, 1.54) is 25.7 Å². The molecule has 0 heterocycles. The van der Waals surface area contributed by atoms with Crippen LogP contribution in [0.5, 0.6) is 0 Å². The zero-order chi connectivity index (χ0) is 42.7. The van der Waals surface area contributed by atoms with E-state index in [0.29, 0.717) is 13.0 Å². The molecule has 0 aromatic heterocycles. The van der Waals surface area contributed by atoms with E-state index in [9.17, 15) is 39.8 Å². The summed E-state index contributed by atoms with van der Waals surface area (Å²) in [5.41, 5.74) is 0. The predicted octanol–water partition coefficient (Wildman–Crippen LogP) is 8.41. The maximum atomic E-state index is 12.8. The van der Waals surface area contributed by atoms with Crippen LogP contribution in [0.25, 0.3) is 0 Å². The van der Waals surface area contributed by atoms with Gasteiger partial charge in [-0.05, 0) is 83.5 Å². The Bertz CT molecular complexity index is 1230. The fourth-order valence-corrected chi connectivity index (χ4v) is 7.05. The molecular weight excluding hydrogens is 763 g/mol. The minimum absolute atomic E-state index is 0.113. The molecule has 12 nitrogen and oxygen atoms in total. The highest BCUT2D eigenvalue weighted by atomic mass is 31.2. The fourth-order valence-electron chi connectivity index (χ4n) is 6.08. The van der Waals surface area contributed by atoms with Gasteiger partial charge in [0, 0.05) is 13.0 Å². The largest absolute Gasteiger partial charge is 0.472 e. The van der Waals surface area contributed by atoms with Crippen molar-refractivity contribution in [1.82, 2.24) is 0 Å². The molecule has 0 aromatic rings. The average molecular weight is 841 g/mol. The van der Waals surface area contributed by atoms with Crippen molar-refractivity contribution < 1.29 is 58.3 Å². The highest BCUT2D eigenvalue weighted by Gasteiger charge is 2.51. The van der Waals surface area contributed by atoms with E-state index in [4.69, 9.17) is 18.5 Å². The molecule has 0 amide bonds. The number of allylic oxidation sites excluding steroid dienone is 12. The number of phosphoric acid groups is 1. The zero-order valence-corrected chi connectivity index (χ0v) is 36.2. The second-order valence-corrected chi connectivity index (χ2v) is 16.2. The third-order valence-electron chi connectivity index (χ3n) is 9.56. The average Bonchev–Trinajstić information content (AvgIpc) is 3.21. The highest BCUT2D eigenvalue weighted by molar-refractivity contribution is 7.47. The van der Waals surface area contributed by atoms with E-state index in [1.807, 2.05) is 0 Å². The number of rotatable bonds is 35. The maximum absolute atomic E-state index is 12.8. The van der Waals surface area contributed by atoms with Crippen LogP contribution in [0.2, 0.25) is 0 Å². The molecule has 1 saturated carbocycles. The summed E-state index contributed by atoms with van der Waals surface area (Å²) in [6.45, 7) is 3.99. The van der Waals surface area contributed by atoms with Crippen LogP contribution in [-0.2, 0) is 27.9 Å². The second kappa shape index (κ2) is 35.5. The number of carbonyl (C=O) groups is 1. The van der Waals surface area contributed by atoms with E-state index >= 15 is 0 Å². The third-order valence-corrected chi connectivity index (χ3v) is 10.5. The summed E-state index contributed by atoms with van der Waals surface area (Å²) >= 11 is 0. The first-order valence-corrected chi connectivity index (χ1v) is 23.3. The Hall–Kier alpha value is -2.22. The molecule has 0 bridgehead atoms. The third kappa shape index (κ3) is 27.5. The van der Waals surface area contributed by atoms with Crippen molar-refractivity contribution in [2.45, 2.75) is 185 Å². The normalized spacial score (nSPS) is 23.4. The molecule has 0 aliphatic heterocycles. The van der Waals surface area contributed by atoms with Gasteiger partial charge in [0.25, 0.3) is 0 Å². The summed E-state index contributed by atoms with van der Waals surface area (Å²) in [7, 11) is -5.03. The lowest BCUT2D eigenvalue weighted by atomic mass is 9.85. The van der Waals surface area contributed by atoms with Gasteiger partial charge in [0.15, 0.2) is 0 Å². The Labute approximate surface area is 349 Å². The van der Waals surface area contributed by atoms with Crippen molar-refractivity contribution in [1.29, 1.82) is 0 Å².